The lowest BCUT2D eigenvalue weighted by Gasteiger charge is -2.12. The Labute approximate surface area is 110 Å². The Morgan fingerprint density at radius 1 is 1.41 bits per heavy atom. The first-order chi connectivity index (χ1) is 8.38. The summed E-state index contributed by atoms with van der Waals surface area (Å²) in [5, 5.41) is 8.97. The molecule has 90 valence electrons. The maximum absolute atomic E-state index is 6.03. The zero-order valence-corrected chi connectivity index (χ0v) is 11.2. The Morgan fingerprint density at radius 2 is 2.24 bits per heavy atom. The minimum Gasteiger partial charge on any atom is -0.265 e. The van der Waals surface area contributed by atoms with Crippen LogP contribution in [0.15, 0.2) is 22.9 Å². The van der Waals surface area contributed by atoms with Crippen molar-refractivity contribution in [2.45, 2.75) is 37.6 Å². The molecule has 0 radical (unpaired) electrons. The largest absolute Gasteiger partial charge is 0.265 e. The SMILES string of the molecule is ClCc1cc(-c2ccsc2)nn1C1CCCC1. The number of thiophene rings is 1. The van der Waals surface area contributed by atoms with E-state index in [1.807, 2.05) is 0 Å². The second-order valence-corrected chi connectivity index (χ2v) is 5.60. The molecule has 0 unspecified atom stereocenters. The molecule has 0 atom stereocenters. The van der Waals surface area contributed by atoms with Gasteiger partial charge in [-0.05, 0) is 30.4 Å². The van der Waals surface area contributed by atoms with E-state index in [1.165, 1.54) is 31.2 Å². The van der Waals surface area contributed by atoms with Crippen LogP contribution in [0, 0.1) is 0 Å². The van der Waals surface area contributed by atoms with E-state index >= 15 is 0 Å². The fourth-order valence-corrected chi connectivity index (χ4v) is 3.40. The van der Waals surface area contributed by atoms with E-state index in [2.05, 4.69) is 27.6 Å². The van der Waals surface area contributed by atoms with E-state index in [4.69, 9.17) is 16.7 Å². The van der Waals surface area contributed by atoms with E-state index in [1.54, 1.807) is 11.3 Å². The molecule has 2 nitrogen and oxygen atoms in total. The first kappa shape index (κ1) is 11.3. The van der Waals surface area contributed by atoms with Crippen LogP contribution in [0.25, 0.3) is 11.3 Å². The van der Waals surface area contributed by atoms with Crippen LogP contribution in [0.2, 0.25) is 0 Å². The van der Waals surface area contributed by atoms with Crippen LogP contribution in [0.3, 0.4) is 0 Å². The van der Waals surface area contributed by atoms with Gasteiger partial charge in [0.15, 0.2) is 0 Å². The van der Waals surface area contributed by atoms with Crippen molar-refractivity contribution in [3.05, 3.63) is 28.6 Å². The predicted molar refractivity (Wildman–Crippen MR) is 72.6 cm³/mol. The molecule has 3 rings (SSSR count). The number of hydrogen-bond donors (Lipinski definition) is 0. The molecule has 1 saturated carbocycles. The molecule has 2 aromatic heterocycles. The highest BCUT2D eigenvalue weighted by Crippen LogP contribution is 2.32. The molecule has 1 aliphatic carbocycles. The van der Waals surface area contributed by atoms with Crippen molar-refractivity contribution in [3.8, 4) is 11.3 Å². The van der Waals surface area contributed by atoms with Crippen molar-refractivity contribution in [1.82, 2.24) is 9.78 Å². The molecule has 2 heterocycles. The van der Waals surface area contributed by atoms with Gasteiger partial charge in [-0.2, -0.15) is 16.4 Å². The first-order valence-electron chi connectivity index (χ1n) is 6.05. The molecular weight excluding hydrogens is 252 g/mol. The predicted octanol–water partition coefficient (Wildman–Crippen LogP) is 4.47. The first-order valence-corrected chi connectivity index (χ1v) is 7.53. The summed E-state index contributed by atoms with van der Waals surface area (Å²) in [5.41, 5.74) is 3.42. The monoisotopic (exact) mass is 266 g/mol. The highest BCUT2D eigenvalue weighted by molar-refractivity contribution is 7.08. The molecule has 0 amide bonds. The lowest BCUT2D eigenvalue weighted by Crippen LogP contribution is -2.09. The molecule has 0 spiro atoms. The molecule has 2 aromatic rings. The van der Waals surface area contributed by atoms with Crippen LogP contribution in [0.1, 0.15) is 37.4 Å². The molecule has 0 bridgehead atoms. The smallest absolute Gasteiger partial charge is 0.0934 e. The molecule has 1 fully saturated rings. The highest BCUT2D eigenvalue weighted by atomic mass is 35.5. The summed E-state index contributed by atoms with van der Waals surface area (Å²) in [4.78, 5) is 0. The Kier molecular flexibility index (Phi) is 3.21. The molecule has 0 aromatic carbocycles. The van der Waals surface area contributed by atoms with Gasteiger partial charge in [0.1, 0.15) is 0 Å². The number of halogens is 1. The van der Waals surface area contributed by atoms with E-state index in [0.29, 0.717) is 11.9 Å². The third-order valence-corrected chi connectivity index (χ3v) is 4.39. The highest BCUT2D eigenvalue weighted by Gasteiger charge is 2.21. The summed E-state index contributed by atoms with van der Waals surface area (Å²) < 4.78 is 2.16. The van der Waals surface area contributed by atoms with Crippen LogP contribution < -0.4 is 0 Å². The Morgan fingerprint density at radius 3 is 2.88 bits per heavy atom. The zero-order chi connectivity index (χ0) is 11.7. The van der Waals surface area contributed by atoms with Gasteiger partial charge in [0.05, 0.1) is 23.3 Å². The second-order valence-electron chi connectivity index (χ2n) is 4.55. The summed E-state index contributed by atoms with van der Waals surface area (Å²) in [6.45, 7) is 0. The average molecular weight is 267 g/mol. The normalized spacial score (nSPS) is 16.8. The molecule has 4 heteroatoms. The van der Waals surface area contributed by atoms with Crippen molar-refractivity contribution in [1.29, 1.82) is 0 Å². The lowest BCUT2D eigenvalue weighted by atomic mass is 10.2. The van der Waals surface area contributed by atoms with Crippen LogP contribution >= 0.6 is 22.9 Å². The van der Waals surface area contributed by atoms with E-state index in [-0.39, 0.29) is 0 Å². The van der Waals surface area contributed by atoms with Gasteiger partial charge in [0, 0.05) is 10.9 Å². The van der Waals surface area contributed by atoms with Gasteiger partial charge in [-0.15, -0.1) is 11.6 Å². The number of alkyl halides is 1. The lowest BCUT2D eigenvalue weighted by molar-refractivity contribution is 0.456. The minimum atomic E-state index is 0.549. The second kappa shape index (κ2) is 4.83. The number of nitrogens with zero attached hydrogens (tertiary/aromatic N) is 2. The van der Waals surface area contributed by atoms with Crippen LogP contribution in [0.5, 0.6) is 0 Å². The van der Waals surface area contributed by atoms with Gasteiger partial charge >= 0.3 is 0 Å². The molecule has 17 heavy (non-hydrogen) atoms. The van der Waals surface area contributed by atoms with Crippen molar-refractivity contribution in [2.75, 3.05) is 0 Å². The molecule has 0 aliphatic heterocycles. The number of aromatic nitrogens is 2. The summed E-state index contributed by atoms with van der Waals surface area (Å²) in [7, 11) is 0. The third-order valence-electron chi connectivity index (χ3n) is 3.44. The van der Waals surface area contributed by atoms with Gasteiger partial charge in [-0.1, -0.05) is 12.8 Å². The van der Waals surface area contributed by atoms with E-state index in [0.717, 1.165) is 11.4 Å². The van der Waals surface area contributed by atoms with Crippen molar-refractivity contribution < 1.29 is 0 Å². The quantitative estimate of drug-likeness (QED) is 0.750. The van der Waals surface area contributed by atoms with Gasteiger partial charge in [0.2, 0.25) is 0 Å². The summed E-state index contributed by atoms with van der Waals surface area (Å²) in [6.07, 6.45) is 5.13. The topological polar surface area (TPSA) is 17.8 Å². The van der Waals surface area contributed by atoms with E-state index in [9.17, 15) is 0 Å². The Bertz CT molecular complexity index is 483. The van der Waals surface area contributed by atoms with Gasteiger partial charge in [-0.25, -0.2) is 0 Å². The average Bonchev–Trinajstić information content (AvgIpc) is 3.09. The zero-order valence-electron chi connectivity index (χ0n) is 9.60. The molecule has 0 N–H and O–H groups in total. The standard InChI is InChI=1S/C13H15ClN2S/c14-8-12-7-13(10-5-6-17-9-10)15-16(12)11-3-1-2-4-11/h5-7,9,11H,1-4,8H2. The molecular formula is C13H15ClN2S. The minimum absolute atomic E-state index is 0.549. The van der Waals surface area contributed by atoms with Gasteiger partial charge < -0.3 is 0 Å². The van der Waals surface area contributed by atoms with Crippen molar-refractivity contribution >= 4 is 22.9 Å². The van der Waals surface area contributed by atoms with Crippen LogP contribution in [0.4, 0.5) is 0 Å². The number of rotatable bonds is 3. The Balaban J connectivity index is 1.97. The van der Waals surface area contributed by atoms with Crippen LogP contribution in [-0.4, -0.2) is 9.78 Å². The van der Waals surface area contributed by atoms with Crippen molar-refractivity contribution in [2.24, 2.45) is 0 Å². The fraction of sp³-hybridized carbons (Fsp3) is 0.462. The summed E-state index contributed by atoms with van der Waals surface area (Å²) in [6, 6.07) is 4.81. The van der Waals surface area contributed by atoms with Crippen molar-refractivity contribution in [3.63, 3.8) is 0 Å². The number of hydrogen-bond acceptors (Lipinski definition) is 2. The van der Waals surface area contributed by atoms with Gasteiger partial charge in [-0.3, -0.25) is 4.68 Å². The Hall–Kier alpha value is -0.800. The molecule has 1 aliphatic rings. The maximum atomic E-state index is 6.03. The summed E-state index contributed by atoms with van der Waals surface area (Å²) >= 11 is 7.73. The van der Waals surface area contributed by atoms with Crippen LogP contribution in [-0.2, 0) is 5.88 Å². The summed E-state index contributed by atoms with van der Waals surface area (Å²) in [5.74, 6) is 0.549. The van der Waals surface area contributed by atoms with E-state index < -0.39 is 0 Å². The maximum Gasteiger partial charge on any atom is 0.0934 e. The fourth-order valence-electron chi connectivity index (χ4n) is 2.55. The van der Waals surface area contributed by atoms with Gasteiger partial charge in [0.25, 0.3) is 0 Å². The third kappa shape index (κ3) is 2.14. The molecule has 0 saturated heterocycles.